The van der Waals surface area contributed by atoms with Gasteiger partial charge in [0.15, 0.2) is 0 Å². The summed E-state index contributed by atoms with van der Waals surface area (Å²) in [6.45, 7) is 1.53. The molecule has 0 saturated carbocycles. The number of hydrogen-bond acceptors (Lipinski definition) is 6. The number of nitro groups is 1. The molecule has 1 aliphatic heterocycles. The number of esters is 1. The van der Waals surface area contributed by atoms with E-state index in [1.165, 1.54) is 49.4 Å². The van der Waals surface area contributed by atoms with Crippen molar-refractivity contribution in [1.29, 1.82) is 0 Å². The number of aryl methyl sites for hydroxylation is 1. The van der Waals surface area contributed by atoms with Crippen LogP contribution in [0.4, 0.5) is 11.4 Å². The molecular formula is C22H14N2O6. The molecule has 0 N–H and O–H groups in total. The summed E-state index contributed by atoms with van der Waals surface area (Å²) in [6.07, 6.45) is 0. The molecule has 148 valence electrons. The maximum Gasteiger partial charge on any atom is 0.343 e. The topological polar surface area (TPSA) is 107 Å². The molecule has 4 rings (SSSR count). The average molecular weight is 402 g/mol. The van der Waals surface area contributed by atoms with E-state index in [1.54, 1.807) is 24.3 Å². The molecule has 3 aromatic rings. The molecular weight excluding hydrogens is 388 g/mol. The SMILES string of the molecule is Cc1cc(C(=O)Oc2ccc(N3C(=O)c4ccccc4C3=O)cc2)ccc1[N+](=O)[O-]. The summed E-state index contributed by atoms with van der Waals surface area (Å²) in [5.41, 5.74) is 1.46. The van der Waals surface area contributed by atoms with Crippen molar-refractivity contribution < 1.29 is 24.0 Å². The fraction of sp³-hybridized carbons (Fsp3) is 0.0455. The summed E-state index contributed by atoms with van der Waals surface area (Å²) in [7, 11) is 0. The minimum atomic E-state index is -0.679. The van der Waals surface area contributed by atoms with Gasteiger partial charge in [0, 0.05) is 11.6 Å². The molecule has 0 aliphatic carbocycles. The smallest absolute Gasteiger partial charge is 0.343 e. The van der Waals surface area contributed by atoms with Crippen molar-refractivity contribution in [3.05, 3.63) is 99.1 Å². The lowest BCUT2D eigenvalue weighted by Gasteiger charge is -2.14. The van der Waals surface area contributed by atoms with Crippen LogP contribution in [0.3, 0.4) is 0 Å². The van der Waals surface area contributed by atoms with Gasteiger partial charge in [0.05, 0.1) is 27.3 Å². The van der Waals surface area contributed by atoms with Crippen LogP contribution in [-0.4, -0.2) is 22.7 Å². The van der Waals surface area contributed by atoms with E-state index in [-0.39, 0.29) is 17.0 Å². The zero-order valence-corrected chi connectivity index (χ0v) is 15.7. The van der Waals surface area contributed by atoms with Crippen LogP contribution in [-0.2, 0) is 0 Å². The lowest BCUT2D eigenvalue weighted by molar-refractivity contribution is -0.385. The van der Waals surface area contributed by atoms with E-state index in [0.29, 0.717) is 22.4 Å². The predicted octanol–water partition coefficient (Wildman–Crippen LogP) is 3.92. The second-order valence-corrected chi connectivity index (χ2v) is 6.63. The van der Waals surface area contributed by atoms with Crippen LogP contribution in [0, 0.1) is 17.0 Å². The third-order valence-electron chi connectivity index (χ3n) is 4.73. The van der Waals surface area contributed by atoms with Gasteiger partial charge in [0.2, 0.25) is 0 Å². The zero-order chi connectivity index (χ0) is 21.4. The van der Waals surface area contributed by atoms with Crippen molar-refractivity contribution in [3.8, 4) is 5.75 Å². The standard InChI is InChI=1S/C22H14N2O6/c1-13-12-14(6-11-19(13)24(28)29)22(27)30-16-9-7-15(8-10-16)23-20(25)17-4-2-3-5-18(17)21(23)26/h2-12H,1H3. The van der Waals surface area contributed by atoms with Gasteiger partial charge in [-0.05, 0) is 55.5 Å². The fourth-order valence-corrected chi connectivity index (χ4v) is 3.24. The highest BCUT2D eigenvalue weighted by Gasteiger charge is 2.36. The number of anilines is 1. The van der Waals surface area contributed by atoms with E-state index < -0.39 is 22.7 Å². The minimum Gasteiger partial charge on any atom is -0.423 e. The van der Waals surface area contributed by atoms with Crippen LogP contribution >= 0.6 is 0 Å². The van der Waals surface area contributed by atoms with Crippen molar-refractivity contribution in [3.63, 3.8) is 0 Å². The highest BCUT2D eigenvalue weighted by Crippen LogP contribution is 2.29. The summed E-state index contributed by atoms with van der Waals surface area (Å²) in [5.74, 6) is -1.30. The van der Waals surface area contributed by atoms with E-state index in [4.69, 9.17) is 4.74 Å². The average Bonchev–Trinajstić information content (AvgIpc) is 2.99. The van der Waals surface area contributed by atoms with Crippen LogP contribution in [0.1, 0.15) is 36.6 Å². The maximum absolute atomic E-state index is 12.5. The van der Waals surface area contributed by atoms with E-state index in [9.17, 15) is 24.5 Å². The zero-order valence-electron chi connectivity index (χ0n) is 15.7. The van der Waals surface area contributed by atoms with E-state index in [1.807, 2.05) is 0 Å². The maximum atomic E-state index is 12.5. The number of benzene rings is 3. The molecule has 8 heteroatoms. The lowest BCUT2D eigenvalue weighted by Crippen LogP contribution is -2.29. The number of fused-ring (bicyclic) bond motifs is 1. The first kappa shape index (κ1) is 19.0. The molecule has 1 heterocycles. The van der Waals surface area contributed by atoms with Crippen molar-refractivity contribution in [2.45, 2.75) is 6.92 Å². The Bertz CT molecular complexity index is 1180. The molecule has 0 bridgehead atoms. The largest absolute Gasteiger partial charge is 0.423 e. The monoisotopic (exact) mass is 402 g/mol. The predicted molar refractivity (Wildman–Crippen MR) is 107 cm³/mol. The van der Waals surface area contributed by atoms with Crippen molar-refractivity contribution in [1.82, 2.24) is 0 Å². The third-order valence-corrected chi connectivity index (χ3v) is 4.73. The molecule has 30 heavy (non-hydrogen) atoms. The molecule has 3 aromatic carbocycles. The first-order chi connectivity index (χ1) is 14.4. The minimum absolute atomic E-state index is 0.0863. The van der Waals surface area contributed by atoms with Crippen LogP contribution in [0.5, 0.6) is 5.75 Å². The lowest BCUT2D eigenvalue weighted by atomic mass is 10.1. The first-order valence-corrected chi connectivity index (χ1v) is 8.92. The van der Waals surface area contributed by atoms with Gasteiger partial charge in [-0.2, -0.15) is 0 Å². The number of imide groups is 1. The van der Waals surface area contributed by atoms with Crippen LogP contribution < -0.4 is 9.64 Å². The van der Waals surface area contributed by atoms with Gasteiger partial charge in [-0.1, -0.05) is 12.1 Å². The van der Waals surface area contributed by atoms with Crippen LogP contribution in [0.25, 0.3) is 0 Å². The Balaban J connectivity index is 1.52. The molecule has 0 fully saturated rings. The Labute approximate surface area is 170 Å². The molecule has 0 radical (unpaired) electrons. The van der Waals surface area contributed by atoms with Crippen LogP contribution in [0.15, 0.2) is 66.7 Å². The van der Waals surface area contributed by atoms with Crippen LogP contribution in [0.2, 0.25) is 0 Å². The van der Waals surface area contributed by atoms with Gasteiger partial charge in [-0.15, -0.1) is 0 Å². The number of hydrogen-bond donors (Lipinski definition) is 0. The van der Waals surface area contributed by atoms with Gasteiger partial charge in [0.1, 0.15) is 5.75 Å². The molecule has 0 atom stereocenters. The van der Waals surface area contributed by atoms with Crippen molar-refractivity contribution in [2.24, 2.45) is 0 Å². The number of ether oxygens (including phenoxy) is 1. The van der Waals surface area contributed by atoms with Gasteiger partial charge < -0.3 is 4.74 Å². The second kappa shape index (κ2) is 7.25. The Morgan fingerprint density at radius 1 is 0.933 bits per heavy atom. The summed E-state index contributed by atoms with van der Waals surface area (Å²) < 4.78 is 5.29. The first-order valence-electron chi connectivity index (χ1n) is 8.92. The summed E-state index contributed by atoms with van der Waals surface area (Å²) in [5, 5.41) is 10.9. The van der Waals surface area contributed by atoms with Crippen molar-refractivity contribution in [2.75, 3.05) is 4.90 Å². The van der Waals surface area contributed by atoms with Gasteiger partial charge in [-0.25, -0.2) is 9.69 Å². The van der Waals surface area contributed by atoms with E-state index >= 15 is 0 Å². The van der Waals surface area contributed by atoms with E-state index in [0.717, 1.165) is 4.90 Å². The normalized spacial score (nSPS) is 12.6. The second-order valence-electron chi connectivity index (χ2n) is 6.63. The fourth-order valence-electron chi connectivity index (χ4n) is 3.24. The summed E-state index contributed by atoms with van der Waals surface area (Å²) in [6, 6.07) is 16.5. The van der Waals surface area contributed by atoms with Gasteiger partial charge >= 0.3 is 5.97 Å². The highest BCUT2D eigenvalue weighted by atomic mass is 16.6. The molecule has 0 aromatic heterocycles. The molecule has 0 saturated heterocycles. The third kappa shape index (κ3) is 3.20. The number of carbonyl (C=O) groups is 3. The quantitative estimate of drug-likeness (QED) is 0.215. The van der Waals surface area contributed by atoms with Gasteiger partial charge in [0.25, 0.3) is 17.5 Å². The Kier molecular flexibility index (Phi) is 4.59. The summed E-state index contributed by atoms with van der Waals surface area (Å²) in [4.78, 5) is 48.8. The van der Waals surface area contributed by atoms with Gasteiger partial charge in [-0.3, -0.25) is 19.7 Å². The number of amides is 2. The molecule has 0 spiro atoms. The summed E-state index contributed by atoms with van der Waals surface area (Å²) >= 11 is 0. The molecule has 8 nitrogen and oxygen atoms in total. The number of rotatable bonds is 4. The van der Waals surface area contributed by atoms with Crippen molar-refractivity contribution >= 4 is 29.2 Å². The number of nitrogens with zero attached hydrogens (tertiary/aromatic N) is 2. The molecule has 0 unspecified atom stereocenters. The molecule has 1 aliphatic rings. The Morgan fingerprint density at radius 2 is 1.53 bits per heavy atom. The molecule has 2 amide bonds. The Morgan fingerprint density at radius 3 is 2.07 bits per heavy atom. The van der Waals surface area contributed by atoms with E-state index in [2.05, 4.69) is 0 Å². The number of nitro benzene ring substituents is 1. The highest BCUT2D eigenvalue weighted by molar-refractivity contribution is 6.34. The Hall–Kier alpha value is -4.33. The number of carbonyl (C=O) groups excluding carboxylic acids is 3.